The van der Waals surface area contributed by atoms with E-state index in [1.807, 2.05) is 17.8 Å². The average Bonchev–Trinajstić information content (AvgIpc) is 2.69. The Hall–Kier alpha value is -2.59. The predicted octanol–water partition coefficient (Wildman–Crippen LogP) is 3.73. The van der Waals surface area contributed by atoms with Gasteiger partial charge in [0.05, 0.1) is 0 Å². The summed E-state index contributed by atoms with van der Waals surface area (Å²) in [6, 6.07) is 21.3. The zero-order valence-electron chi connectivity index (χ0n) is 16.2. The number of aryl methyl sites for hydroxylation is 2. The summed E-state index contributed by atoms with van der Waals surface area (Å²) >= 11 is 1.89. The van der Waals surface area contributed by atoms with Gasteiger partial charge in [-0.1, -0.05) is 23.9 Å². The molecule has 4 heteroatoms. The Labute approximate surface area is 166 Å². The largest absolute Gasteiger partial charge is 0.374 e. The minimum absolute atomic E-state index is 1.01. The van der Waals surface area contributed by atoms with Crippen molar-refractivity contribution in [3.05, 3.63) is 84.3 Å². The van der Waals surface area contributed by atoms with Gasteiger partial charge in [-0.2, -0.15) is 4.57 Å². The van der Waals surface area contributed by atoms with Crippen LogP contribution in [0.2, 0.25) is 0 Å². The lowest BCUT2D eigenvalue weighted by atomic mass is 10.1. The molecule has 0 aliphatic heterocycles. The lowest BCUT2D eigenvalue weighted by Crippen LogP contribution is -2.30. The molecular formula is C23H27N3S+2. The van der Waals surface area contributed by atoms with E-state index >= 15 is 0 Å². The van der Waals surface area contributed by atoms with Crippen LogP contribution in [0.1, 0.15) is 11.3 Å². The molecule has 3 nitrogen and oxygen atoms in total. The highest BCUT2D eigenvalue weighted by molar-refractivity contribution is 7.99. The van der Waals surface area contributed by atoms with Gasteiger partial charge in [0.1, 0.15) is 14.1 Å². The molecule has 0 N–H and O–H groups in total. The van der Waals surface area contributed by atoms with Crippen LogP contribution >= 0.6 is 11.8 Å². The van der Waals surface area contributed by atoms with Crippen LogP contribution in [-0.2, 0) is 14.1 Å². The number of anilines is 1. The van der Waals surface area contributed by atoms with E-state index in [0.717, 1.165) is 12.3 Å². The first-order valence-electron chi connectivity index (χ1n) is 9.15. The van der Waals surface area contributed by atoms with E-state index in [1.165, 1.54) is 22.0 Å². The van der Waals surface area contributed by atoms with Crippen LogP contribution in [0.15, 0.2) is 78.1 Å². The number of aromatic nitrogens is 2. The Balaban J connectivity index is 1.55. The van der Waals surface area contributed by atoms with Crippen LogP contribution in [-0.4, -0.2) is 19.3 Å². The SMILES string of the molecule is CN(CCSc1cccc[n+]1C)c1ccc(/C=C/c2cccc[n+]2C)cc1. The molecule has 0 amide bonds. The van der Waals surface area contributed by atoms with Crippen LogP contribution in [0.3, 0.4) is 0 Å². The smallest absolute Gasteiger partial charge is 0.239 e. The van der Waals surface area contributed by atoms with Gasteiger partial charge >= 0.3 is 0 Å². The summed E-state index contributed by atoms with van der Waals surface area (Å²) in [7, 11) is 6.30. The van der Waals surface area contributed by atoms with Crippen LogP contribution in [0.5, 0.6) is 0 Å². The first kappa shape index (κ1) is 19.2. The van der Waals surface area contributed by atoms with Crippen LogP contribution in [0.4, 0.5) is 5.69 Å². The quantitative estimate of drug-likeness (QED) is 0.459. The van der Waals surface area contributed by atoms with E-state index in [4.69, 9.17) is 0 Å². The van der Waals surface area contributed by atoms with E-state index in [1.54, 1.807) is 0 Å². The molecule has 0 bridgehead atoms. The highest BCUT2D eigenvalue weighted by Gasteiger charge is 2.07. The fourth-order valence-electron chi connectivity index (χ4n) is 2.81. The van der Waals surface area contributed by atoms with Gasteiger partial charge in [-0.25, -0.2) is 4.57 Å². The lowest BCUT2D eigenvalue weighted by molar-refractivity contribution is -0.708. The molecule has 0 saturated heterocycles. The van der Waals surface area contributed by atoms with Gasteiger partial charge in [-0.05, 0) is 35.9 Å². The Morgan fingerprint density at radius 3 is 2.26 bits per heavy atom. The highest BCUT2D eigenvalue weighted by Crippen LogP contribution is 2.18. The second-order valence-electron chi connectivity index (χ2n) is 6.58. The number of rotatable bonds is 7. The normalized spacial score (nSPS) is 11.1. The Kier molecular flexibility index (Phi) is 6.66. The first-order valence-corrected chi connectivity index (χ1v) is 10.1. The summed E-state index contributed by atoms with van der Waals surface area (Å²) in [6.45, 7) is 1.01. The van der Waals surface area contributed by atoms with Crippen molar-refractivity contribution >= 4 is 29.6 Å². The molecular weight excluding hydrogens is 350 g/mol. The molecule has 0 aliphatic carbocycles. The van der Waals surface area contributed by atoms with E-state index in [2.05, 4.69) is 114 Å². The summed E-state index contributed by atoms with van der Waals surface area (Å²) in [5.74, 6) is 1.06. The first-order chi connectivity index (χ1) is 13.1. The molecule has 2 heterocycles. The molecule has 0 aliphatic rings. The number of hydrogen-bond donors (Lipinski definition) is 0. The molecule has 1 aromatic carbocycles. The standard InChI is InChI=1S/C23H27N3S/c1-24-16-6-4-8-21(24)13-10-20-11-14-22(15-12-20)25(2)18-19-27-23-9-5-7-17-26(23)3/h4-17H,18-19H2,1-3H3/q+2. The zero-order valence-corrected chi connectivity index (χ0v) is 17.1. The van der Waals surface area contributed by atoms with Crippen molar-refractivity contribution in [2.45, 2.75) is 5.03 Å². The Morgan fingerprint density at radius 1 is 0.852 bits per heavy atom. The predicted molar refractivity (Wildman–Crippen MR) is 115 cm³/mol. The molecule has 2 aromatic heterocycles. The van der Waals surface area contributed by atoms with E-state index < -0.39 is 0 Å². The molecule has 0 radical (unpaired) electrons. The number of nitrogens with zero attached hydrogens (tertiary/aromatic N) is 3. The van der Waals surface area contributed by atoms with Crippen LogP contribution in [0.25, 0.3) is 12.2 Å². The number of benzene rings is 1. The van der Waals surface area contributed by atoms with Crippen molar-refractivity contribution in [2.75, 3.05) is 24.2 Å². The third-order valence-electron chi connectivity index (χ3n) is 4.56. The Bertz CT molecular complexity index is 904. The van der Waals surface area contributed by atoms with Gasteiger partial charge in [0.2, 0.25) is 10.7 Å². The summed E-state index contributed by atoms with van der Waals surface area (Å²) < 4.78 is 4.28. The van der Waals surface area contributed by atoms with Crippen molar-refractivity contribution in [3.8, 4) is 0 Å². The zero-order chi connectivity index (χ0) is 19.1. The second kappa shape index (κ2) is 9.38. The molecule has 0 saturated carbocycles. The fraction of sp³-hybridized carbons (Fsp3) is 0.217. The average molecular weight is 378 g/mol. The molecule has 0 fully saturated rings. The van der Waals surface area contributed by atoms with Crippen molar-refractivity contribution in [1.29, 1.82) is 0 Å². The van der Waals surface area contributed by atoms with Crippen LogP contribution < -0.4 is 14.0 Å². The van der Waals surface area contributed by atoms with E-state index in [0.29, 0.717) is 0 Å². The summed E-state index contributed by atoms with van der Waals surface area (Å²) in [4.78, 5) is 2.31. The molecule has 0 spiro atoms. The maximum Gasteiger partial charge on any atom is 0.239 e. The Morgan fingerprint density at radius 2 is 1.56 bits per heavy atom. The van der Waals surface area contributed by atoms with E-state index in [9.17, 15) is 0 Å². The van der Waals surface area contributed by atoms with Crippen molar-refractivity contribution in [1.82, 2.24) is 0 Å². The molecule has 3 rings (SSSR count). The molecule has 3 aromatic rings. The highest BCUT2D eigenvalue weighted by atomic mass is 32.2. The summed E-state index contributed by atoms with van der Waals surface area (Å²) in [5, 5.41) is 1.29. The number of pyridine rings is 2. The van der Waals surface area contributed by atoms with Crippen LogP contribution in [0, 0.1) is 0 Å². The minimum atomic E-state index is 1.01. The van der Waals surface area contributed by atoms with Gasteiger partial charge in [-0.15, -0.1) is 0 Å². The van der Waals surface area contributed by atoms with E-state index in [-0.39, 0.29) is 0 Å². The lowest BCUT2D eigenvalue weighted by Gasteiger charge is -2.18. The number of thioether (sulfide) groups is 1. The maximum atomic E-state index is 2.31. The topological polar surface area (TPSA) is 11.0 Å². The van der Waals surface area contributed by atoms with Gasteiger partial charge in [0.15, 0.2) is 12.4 Å². The molecule has 0 atom stereocenters. The second-order valence-corrected chi connectivity index (χ2v) is 7.70. The van der Waals surface area contributed by atoms with Gasteiger partial charge in [0.25, 0.3) is 0 Å². The number of hydrogen-bond acceptors (Lipinski definition) is 2. The van der Waals surface area contributed by atoms with Crippen molar-refractivity contribution in [2.24, 2.45) is 14.1 Å². The third-order valence-corrected chi connectivity index (χ3v) is 5.67. The molecule has 0 unspecified atom stereocenters. The van der Waals surface area contributed by atoms with Gasteiger partial charge in [-0.3, -0.25) is 0 Å². The molecule has 138 valence electrons. The minimum Gasteiger partial charge on any atom is -0.374 e. The summed E-state index contributed by atoms with van der Waals surface area (Å²) in [5.41, 5.74) is 3.64. The van der Waals surface area contributed by atoms with Crippen molar-refractivity contribution < 1.29 is 9.13 Å². The fourth-order valence-corrected chi connectivity index (χ4v) is 3.82. The maximum absolute atomic E-state index is 2.31. The third kappa shape index (κ3) is 5.44. The van der Waals surface area contributed by atoms with Gasteiger partial charge in [0, 0.05) is 55.4 Å². The monoisotopic (exact) mass is 377 g/mol. The van der Waals surface area contributed by atoms with Crippen molar-refractivity contribution in [3.63, 3.8) is 0 Å². The summed E-state index contributed by atoms with van der Waals surface area (Å²) in [6.07, 6.45) is 8.46. The van der Waals surface area contributed by atoms with Gasteiger partial charge < -0.3 is 4.90 Å². The molecule has 27 heavy (non-hydrogen) atoms.